The Balaban J connectivity index is -0.0000000881. The zero-order valence-corrected chi connectivity index (χ0v) is 17.8. The number of aliphatic imine (C=N–C) groups is 1. The van der Waals surface area contributed by atoms with Crippen molar-refractivity contribution in [2.75, 3.05) is 0 Å². The van der Waals surface area contributed by atoms with E-state index in [1.807, 2.05) is 0 Å². The molecular weight excluding hydrogens is 374 g/mol. The molecule has 1 aliphatic rings. The molecule has 0 bridgehead atoms. The van der Waals surface area contributed by atoms with Gasteiger partial charge in [-0.15, -0.1) is 0 Å². The molecule has 4 heteroatoms. The van der Waals surface area contributed by atoms with Crippen LogP contribution in [0.4, 0.5) is 0 Å². The fraction of sp³-hybridized carbons (Fsp3) is 0.750. The molecule has 0 aromatic heterocycles. The maximum Gasteiger partial charge on any atom is 0.200 e. The van der Waals surface area contributed by atoms with E-state index in [9.17, 15) is 0 Å². The molecule has 4 radical (unpaired) electrons. The molecule has 1 aliphatic heterocycles. The fourth-order valence-corrected chi connectivity index (χ4v) is 0.373. The summed E-state index contributed by atoms with van der Waals surface area (Å²) in [5, 5.41) is 3.02. The Hall–Kier alpha value is 0.0787. The summed E-state index contributed by atoms with van der Waals surface area (Å²) >= 11 is 5.35. The molecule has 0 spiro atoms. The maximum atomic E-state index is 5.35. The van der Waals surface area contributed by atoms with E-state index in [1.54, 1.807) is 6.20 Å². The van der Waals surface area contributed by atoms with Crippen LogP contribution < -0.4 is 5.32 Å². The van der Waals surface area contributed by atoms with Gasteiger partial charge in [0.1, 0.15) is 0 Å². The van der Waals surface area contributed by atoms with Gasteiger partial charge in [-0.3, -0.25) is 0 Å². The first kappa shape index (κ1) is 28.3. The van der Waals surface area contributed by atoms with E-state index >= 15 is 0 Å². The van der Waals surface area contributed by atoms with Gasteiger partial charge in [0.15, 0.2) is 0 Å². The summed E-state index contributed by atoms with van der Waals surface area (Å²) in [4.78, 5) is 3.63. The number of hydrogen-bond donors (Lipinski definition) is 1. The molecule has 0 aromatic rings. The molecule has 0 fully saturated rings. The molecule has 0 aromatic carbocycles. The monoisotopic (exact) mass is 408 g/mol. The Morgan fingerprint density at radius 1 is 0.900 bits per heavy atom. The molecule has 20 heavy (non-hydrogen) atoms. The van der Waals surface area contributed by atoms with Gasteiger partial charge in [-0.25, -0.2) is 4.99 Å². The van der Waals surface area contributed by atoms with Crippen LogP contribution in [-0.4, -0.2) is 29.2 Å². The minimum atomic E-state index is 0. The Labute approximate surface area is 149 Å². The number of nitrogens with one attached hydrogen (secondary N) is 1. The van der Waals surface area contributed by atoms with Crippen molar-refractivity contribution in [3.8, 4) is 0 Å². The average molecular weight is 408 g/mol. The number of nitrogens with zero attached hydrogens (tertiary/aromatic N) is 1. The van der Waals surface area contributed by atoms with Gasteiger partial charge < -0.3 is 5.32 Å². The van der Waals surface area contributed by atoms with Gasteiger partial charge in [-0.1, -0.05) is 85.8 Å². The average Bonchev–Trinajstić information content (AvgIpc) is 2.48. The molecule has 118 valence electrons. The van der Waals surface area contributed by atoms with E-state index in [2.05, 4.69) is 57.6 Å². The van der Waals surface area contributed by atoms with Crippen LogP contribution in [-0.2, 0) is 0 Å². The summed E-state index contributed by atoms with van der Waals surface area (Å²) in [5.74, 6) is 0. The Morgan fingerprint density at radius 2 is 1.25 bits per heavy atom. The van der Waals surface area contributed by atoms with E-state index in [0.717, 1.165) is 0 Å². The smallest absolute Gasteiger partial charge is 0.200 e. The summed E-state index contributed by atoms with van der Waals surface area (Å²) in [7, 11) is 0. The largest absolute Gasteiger partial charge is 0.330 e. The molecule has 0 saturated heterocycles. The van der Waals surface area contributed by atoms with E-state index in [1.165, 1.54) is 44.7 Å². The molecule has 2 nitrogen and oxygen atoms in total. The van der Waals surface area contributed by atoms with E-state index in [4.69, 9.17) is 11.6 Å². The summed E-state index contributed by atoms with van der Waals surface area (Å²) in [6, 6.07) is 0. The Morgan fingerprint density at radius 3 is 1.35 bits per heavy atom. The molecule has 1 heterocycles. The third-order valence-electron chi connectivity index (χ3n) is 2.03. The fourth-order valence-electron chi connectivity index (χ4n) is 0.270. The molecule has 0 amide bonds. The summed E-state index contributed by atoms with van der Waals surface area (Å²) < 4.78 is 0. The van der Waals surface area contributed by atoms with Crippen molar-refractivity contribution in [3.63, 3.8) is 0 Å². The maximum absolute atomic E-state index is 5.35. The Bertz CT molecular complexity index is 219. The second-order valence-corrected chi connectivity index (χ2v) is 4.36. The first-order valence-corrected chi connectivity index (χ1v) is 7.91. The minimum Gasteiger partial charge on any atom is -0.330 e. The van der Waals surface area contributed by atoms with Crippen LogP contribution in [0.25, 0.3) is 0 Å². The summed E-state index contributed by atoms with van der Waals surface area (Å²) in [5.41, 5.74) is 2.68. The van der Waals surface area contributed by atoms with Crippen LogP contribution in [0.1, 0.15) is 80.1 Å². The topological polar surface area (TPSA) is 24.4 Å². The standard InChI is InChI=1S/C4H3ClN2.3C4H10.Sn/c5-4-6-2-1-3-7-4;3*1-3-4-2;/h2-3H,(H,6,7);3*3-4H2,1-2H3;. The predicted octanol–water partition coefficient (Wildman–Crippen LogP) is 5.85. The normalized spacial score (nSPS) is 10.1. The van der Waals surface area contributed by atoms with Crippen molar-refractivity contribution >= 4 is 40.8 Å². The summed E-state index contributed by atoms with van der Waals surface area (Å²) in [6.45, 7) is 13.1. The quantitative estimate of drug-likeness (QED) is 0.354. The Kier molecular flexibility index (Phi) is 44.5. The van der Waals surface area contributed by atoms with E-state index < -0.39 is 0 Å². The number of amidine groups is 1. The van der Waals surface area contributed by atoms with Crippen LogP contribution in [0, 0.1) is 0 Å². The van der Waals surface area contributed by atoms with Gasteiger partial charge in [0.25, 0.3) is 0 Å². The molecular formula is C16H33ClN2Sn. The van der Waals surface area contributed by atoms with Gasteiger partial charge in [-0.05, 0) is 11.6 Å². The van der Waals surface area contributed by atoms with E-state index in [-0.39, 0.29) is 23.9 Å². The third-order valence-corrected chi connectivity index (χ3v) is 2.23. The van der Waals surface area contributed by atoms with Crippen molar-refractivity contribution in [2.45, 2.75) is 80.1 Å². The minimum absolute atomic E-state index is 0. The van der Waals surface area contributed by atoms with Crippen LogP contribution in [0.15, 0.2) is 23.1 Å². The number of unbranched alkanes of at least 4 members (excludes halogenated alkanes) is 3. The van der Waals surface area contributed by atoms with Crippen molar-refractivity contribution in [3.05, 3.63) is 18.1 Å². The van der Waals surface area contributed by atoms with Gasteiger partial charge in [0, 0.05) is 30.1 Å². The van der Waals surface area contributed by atoms with Gasteiger partial charge in [0.05, 0.1) is 6.20 Å². The van der Waals surface area contributed by atoms with Crippen molar-refractivity contribution in [1.29, 1.82) is 0 Å². The molecule has 0 saturated carbocycles. The van der Waals surface area contributed by atoms with E-state index in [0.29, 0.717) is 5.29 Å². The summed E-state index contributed by atoms with van der Waals surface area (Å²) in [6.07, 6.45) is 11.0. The van der Waals surface area contributed by atoms with Crippen LogP contribution in [0.3, 0.4) is 0 Å². The first-order valence-electron chi connectivity index (χ1n) is 7.53. The number of rotatable bonds is 3. The molecule has 0 atom stereocenters. The van der Waals surface area contributed by atoms with Gasteiger partial charge in [0.2, 0.25) is 5.29 Å². The zero-order chi connectivity index (χ0) is 15.4. The molecule has 0 unspecified atom stereocenters. The second kappa shape index (κ2) is 31.5. The second-order valence-electron chi connectivity index (χ2n) is 4.00. The van der Waals surface area contributed by atoms with Crippen LogP contribution in [0.5, 0.6) is 0 Å². The zero-order valence-electron chi connectivity index (χ0n) is 14.2. The van der Waals surface area contributed by atoms with Crippen molar-refractivity contribution in [2.24, 2.45) is 4.99 Å². The molecule has 1 rings (SSSR count). The predicted molar refractivity (Wildman–Crippen MR) is 96.6 cm³/mol. The molecule has 0 aliphatic carbocycles. The SMILES string of the molecule is CCCC.CCCC.CCCC.ClC1=NC=C=CN1.[Sn]. The van der Waals surface area contributed by atoms with Gasteiger partial charge in [-0.2, -0.15) is 0 Å². The molecule has 1 N–H and O–H groups in total. The number of halogens is 1. The first-order chi connectivity index (χ1) is 9.14. The van der Waals surface area contributed by atoms with Crippen molar-refractivity contribution in [1.82, 2.24) is 5.32 Å². The third kappa shape index (κ3) is 43.0. The van der Waals surface area contributed by atoms with Crippen LogP contribution in [0.2, 0.25) is 0 Å². The number of hydrogen-bond acceptors (Lipinski definition) is 2. The van der Waals surface area contributed by atoms with Gasteiger partial charge >= 0.3 is 0 Å². The van der Waals surface area contributed by atoms with Crippen molar-refractivity contribution < 1.29 is 0 Å². The van der Waals surface area contributed by atoms with Crippen LogP contribution >= 0.6 is 11.6 Å².